The monoisotopic (exact) mass is 359 g/mol. The van der Waals surface area contributed by atoms with Gasteiger partial charge in [0.2, 0.25) is 0 Å². The SMILES string of the molecule is COc1ccc(-c2nn(-c3ccccc3)cc2C=CC(=O)OCC#N)cc1. The molecule has 0 amide bonds. The Balaban J connectivity index is 1.98. The molecule has 0 fully saturated rings. The first kappa shape index (κ1) is 18.0. The standard InChI is InChI=1S/C21H17N3O3/c1-26-19-10-7-16(8-11-19)21-17(9-12-20(25)27-14-13-22)15-24(23-21)18-5-3-2-4-6-18/h2-12,15H,14H2,1H3. The largest absolute Gasteiger partial charge is 0.497 e. The smallest absolute Gasteiger partial charge is 0.331 e. The van der Waals surface area contributed by atoms with Crippen molar-refractivity contribution in [1.29, 1.82) is 5.26 Å². The third-order valence-electron chi connectivity index (χ3n) is 3.80. The van der Waals surface area contributed by atoms with Gasteiger partial charge >= 0.3 is 5.97 Å². The summed E-state index contributed by atoms with van der Waals surface area (Å²) in [6.07, 6.45) is 4.76. The van der Waals surface area contributed by atoms with Crippen molar-refractivity contribution in [3.8, 4) is 28.8 Å². The Labute approximate surface area is 156 Å². The van der Waals surface area contributed by atoms with Crippen molar-refractivity contribution in [3.63, 3.8) is 0 Å². The van der Waals surface area contributed by atoms with E-state index in [-0.39, 0.29) is 6.61 Å². The first-order valence-corrected chi connectivity index (χ1v) is 8.22. The normalized spacial score (nSPS) is 10.5. The van der Waals surface area contributed by atoms with Crippen molar-refractivity contribution in [1.82, 2.24) is 9.78 Å². The maximum absolute atomic E-state index is 11.7. The molecule has 134 valence electrons. The Kier molecular flexibility index (Phi) is 5.65. The zero-order chi connectivity index (χ0) is 19.1. The summed E-state index contributed by atoms with van der Waals surface area (Å²) in [6.45, 7) is -0.280. The fourth-order valence-corrected chi connectivity index (χ4v) is 2.50. The molecule has 0 aliphatic heterocycles. The van der Waals surface area contributed by atoms with Crippen LogP contribution in [-0.2, 0) is 9.53 Å². The highest BCUT2D eigenvalue weighted by Gasteiger charge is 2.11. The Bertz CT molecular complexity index is 984. The molecule has 27 heavy (non-hydrogen) atoms. The van der Waals surface area contributed by atoms with E-state index in [0.717, 1.165) is 22.6 Å². The topological polar surface area (TPSA) is 77.1 Å². The Morgan fingerprint density at radius 2 is 1.93 bits per heavy atom. The second-order valence-electron chi connectivity index (χ2n) is 5.54. The highest BCUT2D eigenvalue weighted by Crippen LogP contribution is 2.26. The van der Waals surface area contributed by atoms with Gasteiger partial charge in [-0.3, -0.25) is 0 Å². The summed E-state index contributed by atoms with van der Waals surface area (Å²) >= 11 is 0. The van der Waals surface area contributed by atoms with Crippen molar-refractivity contribution in [2.45, 2.75) is 0 Å². The fourth-order valence-electron chi connectivity index (χ4n) is 2.50. The lowest BCUT2D eigenvalue weighted by atomic mass is 10.1. The van der Waals surface area contributed by atoms with E-state index in [2.05, 4.69) is 5.10 Å². The van der Waals surface area contributed by atoms with Crippen LogP contribution in [0.2, 0.25) is 0 Å². The van der Waals surface area contributed by atoms with Crippen LogP contribution in [0.1, 0.15) is 5.56 Å². The lowest BCUT2D eigenvalue weighted by Gasteiger charge is -2.02. The Hall–Kier alpha value is -3.85. The van der Waals surface area contributed by atoms with Gasteiger partial charge in [0, 0.05) is 23.4 Å². The molecule has 0 radical (unpaired) electrons. The minimum atomic E-state index is -0.579. The molecule has 0 atom stereocenters. The van der Waals surface area contributed by atoms with E-state index in [1.165, 1.54) is 6.08 Å². The van der Waals surface area contributed by atoms with Crippen molar-refractivity contribution in [3.05, 3.63) is 72.4 Å². The van der Waals surface area contributed by atoms with Crippen LogP contribution in [0.15, 0.2) is 66.9 Å². The number of hydrogen-bond donors (Lipinski definition) is 0. The van der Waals surface area contributed by atoms with Gasteiger partial charge in [0.25, 0.3) is 0 Å². The maximum atomic E-state index is 11.7. The number of benzene rings is 2. The molecular weight excluding hydrogens is 342 g/mol. The molecule has 0 aliphatic carbocycles. The lowest BCUT2D eigenvalue weighted by Crippen LogP contribution is -1.99. The molecule has 0 unspecified atom stereocenters. The molecule has 0 spiro atoms. The van der Waals surface area contributed by atoms with E-state index in [4.69, 9.17) is 14.7 Å². The molecule has 6 heteroatoms. The number of hydrogen-bond acceptors (Lipinski definition) is 5. The van der Waals surface area contributed by atoms with Gasteiger partial charge in [0.1, 0.15) is 11.8 Å². The quantitative estimate of drug-likeness (QED) is 0.496. The van der Waals surface area contributed by atoms with Crippen LogP contribution in [0.25, 0.3) is 23.0 Å². The molecule has 1 heterocycles. The van der Waals surface area contributed by atoms with Gasteiger partial charge < -0.3 is 9.47 Å². The number of esters is 1. The number of carbonyl (C=O) groups excluding carboxylic acids is 1. The molecule has 0 saturated carbocycles. The van der Waals surface area contributed by atoms with Gasteiger partial charge in [-0.2, -0.15) is 10.4 Å². The zero-order valence-corrected chi connectivity index (χ0v) is 14.7. The molecule has 0 aliphatic rings. The van der Waals surface area contributed by atoms with Crippen LogP contribution in [0, 0.1) is 11.3 Å². The van der Waals surface area contributed by atoms with Crippen LogP contribution in [0.3, 0.4) is 0 Å². The molecule has 2 aromatic carbocycles. The van der Waals surface area contributed by atoms with Crippen LogP contribution in [-0.4, -0.2) is 29.5 Å². The number of ether oxygens (including phenoxy) is 2. The molecule has 1 aromatic heterocycles. The van der Waals surface area contributed by atoms with E-state index < -0.39 is 5.97 Å². The summed E-state index contributed by atoms with van der Waals surface area (Å²) in [5.41, 5.74) is 3.25. The van der Waals surface area contributed by atoms with Gasteiger partial charge in [-0.15, -0.1) is 0 Å². The molecule has 0 bridgehead atoms. The summed E-state index contributed by atoms with van der Waals surface area (Å²) in [4.78, 5) is 11.7. The van der Waals surface area contributed by atoms with E-state index in [0.29, 0.717) is 5.69 Å². The molecule has 3 aromatic rings. The van der Waals surface area contributed by atoms with E-state index in [1.807, 2.05) is 60.8 Å². The van der Waals surface area contributed by atoms with Crippen molar-refractivity contribution >= 4 is 12.0 Å². The highest BCUT2D eigenvalue weighted by atomic mass is 16.5. The highest BCUT2D eigenvalue weighted by molar-refractivity contribution is 5.88. The average molecular weight is 359 g/mol. The van der Waals surface area contributed by atoms with E-state index >= 15 is 0 Å². The van der Waals surface area contributed by atoms with Gasteiger partial charge in [0.05, 0.1) is 18.5 Å². The van der Waals surface area contributed by atoms with Gasteiger partial charge in [-0.05, 0) is 42.5 Å². The summed E-state index contributed by atoms with van der Waals surface area (Å²) in [5, 5.41) is 13.2. The predicted octanol–water partition coefficient (Wildman–Crippen LogP) is 3.63. The van der Waals surface area contributed by atoms with Crippen LogP contribution < -0.4 is 4.74 Å². The van der Waals surface area contributed by atoms with Crippen LogP contribution in [0.5, 0.6) is 5.75 Å². The van der Waals surface area contributed by atoms with Crippen molar-refractivity contribution in [2.24, 2.45) is 0 Å². The second kappa shape index (κ2) is 8.50. The van der Waals surface area contributed by atoms with Gasteiger partial charge in [-0.1, -0.05) is 18.2 Å². The molecule has 3 rings (SSSR count). The molecule has 0 N–H and O–H groups in total. The lowest BCUT2D eigenvalue weighted by molar-refractivity contribution is -0.136. The predicted molar refractivity (Wildman–Crippen MR) is 101 cm³/mol. The molecular formula is C21H17N3O3. The third-order valence-corrected chi connectivity index (χ3v) is 3.80. The summed E-state index contributed by atoms with van der Waals surface area (Å²) in [7, 11) is 1.61. The molecule has 0 saturated heterocycles. The van der Waals surface area contributed by atoms with E-state index in [1.54, 1.807) is 23.9 Å². The van der Waals surface area contributed by atoms with Gasteiger partial charge in [-0.25, -0.2) is 9.48 Å². The third kappa shape index (κ3) is 4.41. The Morgan fingerprint density at radius 3 is 2.59 bits per heavy atom. The number of carbonyl (C=O) groups is 1. The van der Waals surface area contributed by atoms with Crippen molar-refractivity contribution in [2.75, 3.05) is 13.7 Å². The number of rotatable bonds is 6. The summed E-state index contributed by atoms with van der Waals surface area (Å²) in [5.74, 6) is 0.170. The number of aromatic nitrogens is 2. The number of para-hydroxylation sites is 1. The number of nitrogens with zero attached hydrogens (tertiary/aromatic N) is 3. The number of nitriles is 1. The maximum Gasteiger partial charge on any atom is 0.331 e. The average Bonchev–Trinajstić information content (AvgIpc) is 3.15. The minimum Gasteiger partial charge on any atom is -0.497 e. The van der Waals surface area contributed by atoms with Crippen molar-refractivity contribution < 1.29 is 14.3 Å². The second-order valence-corrected chi connectivity index (χ2v) is 5.54. The fraction of sp³-hybridized carbons (Fsp3) is 0.0952. The molecule has 6 nitrogen and oxygen atoms in total. The van der Waals surface area contributed by atoms with Crippen LogP contribution >= 0.6 is 0 Å². The van der Waals surface area contributed by atoms with Gasteiger partial charge in [0.15, 0.2) is 6.61 Å². The van der Waals surface area contributed by atoms with E-state index in [9.17, 15) is 4.79 Å². The Morgan fingerprint density at radius 1 is 1.19 bits per heavy atom. The zero-order valence-electron chi connectivity index (χ0n) is 14.7. The van der Waals surface area contributed by atoms with Crippen LogP contribution in [0.4, 0.5) is 0 Å². The first-order chi connectivity index (χ1) is 13.2. The number of methoxy groups -OCH3 is 1. The summed E-state index contributed by atoms with van der Waals surface area (Å²) < 4.78 is 11.7. The minimum absolute atomic E-state index is 0.280. The summed E-state index contributed by atoms with van der Waals surface area (Å²) in [6, 6.07) is 19.0. The first-order valence-electron chi connectivity index (χ1n) is 8.22.